The van der Waals surface area contributed by atoms with Crippen molar-refractivity contribution in [1.82, 2.24) is 24.6 Å². The van der Waals surface area contributed by atoms with Gasteiger partial charge in [-0.05, 0) is 92.1 Å². The quantitative estimate of drug-likeness (QED) is 0.206. The number of carbonyl (C=O) groups is 2. The van der Waals surface area contributed by atoms with Crippen LogP contribution in [0.2, 0.25) is 0 Å². The van der Waals surface area contributed by atoms with Gasteiger partial charge in [-0.1, -0.05) is 25.6 Å². The molecule has 2 aromatic carbocycles. The topological polar surface area (TPSA) is 74.6 Å². The monoisotopic (exact) mass is 668 g/mol. The Morgan fingerprint density at radius 2 is 1.85 bits per heavy atom. The third-order valence-electron chi connectivity index (χ3n) is 11.1. The highest BCUT2D eigenvalue weighted by molar-refractivity contribution is 6.10. The molecule has 2 saturated heterocycles. The van der Waals surface area contributed by atoms with Crippen LogP contribution < -0.4 is 4.90 Å². The molecule has 13 heteroatoms. The molecular weight excluding hydrogens is 631 g/mol. The zero-order valence-electron chi connectivity index (χ0n) is 26.8. The van der Waals surface area contributed by atoms with Gasteiger partial charge in [0.05, 0.1) is 17.5 Å². The Morgan fingerprint density at radius 1 is 1.10 bits per heavy atom. The number of hydrogen-bond acceptors (Lipinski definition) is 5. The lowest BCUT2D eigenvalue weighted by Crippen LogP contribution is -2.43. The highest BCUT2D eigenvalue weighted by Gasteiger charge is 2.50. The second-order valence-electron chi connectivity index (χ2n) is 14.1. The molecule has 1 spiro atoms. The van der Waals surface area contributed by atoms with Gasteiger partial charge in [-0.15, -0.1) is 10.2 Å². The molecule has 1 aliphatic carbocycles. The highest BCUT2D eigenvalue weighted by Crippen LogP contribution is 2.53. The predicted octanol–water partition coefficient (Wildman–Crippen LogP) is 6.74. The first kappa shape index (κ1) is 32.4. The number of aromatic nitrogens is 3. The first-order chi connectivity index (χ1) is 22.7. The molecule has 1 aromatic heterocycles. The van der Waals surface area contributed by atoms with Crippen LogP contribution in [0.25, 0.3) is 0 Å². The maximum atomic E-state index is 14.6. The van der Waals surface area contributed by atoms with Crippen molar-refractivity contribution in [2.24, 2.45) is 11.3 Å². The lowest BCUT2D eigenvalue weighted by atomic mass is 9.58. The molecule has 4 heterocycles. The van der Waals surface area contributed by atoms with Crippen molar-refractivity contribution in [2.75, 3.05) is 31.1 Å². The summed E-state index contributed by atoms with van der Waals surface area (Å²) in [6.07, 6.45) is 0.340. The molecule has 1 saturated carbocycles. The van der Waals surface area contributed by atoms with Gasteiger partial charge in [0.2, 0.25) is 5.91 Å². The van der Waals surface area contributed by atoms with E-state index < -0.39 is 35.7 Å². The summed E-state index contributed by atoms with van der Waals surface area (Å²) in [6.45, 7) is 6.88. The first-order valence-electron chi connectivity index (χ1n) is 16.3. The number of benzene rings is 2. The summed E-state index contributed by atoms with van der Waals surface area (Å²) >= 11 is 0. The Morgan fingerprint density at radius 3 is 2.54 bits per heavy atom. The third-order valence-corrected chi connectivity index (χ3v) is 11.1. The fourth-order valence-electron chi connectivity index (χ4n) is 8.61. The summed E-state index contributed by atoms with van der Waals surface area (Å²) in [5.74, 6) is -0.297. The van der Waals surface area contributed by atoms with Gasteiger partial charge in [0, 0.05) is 42.3 Å². The molecule has 2 atom stereocenters. The smallest absolute Gasteiger partial charge is 0.339 e. The minimum Gasteiger partial charge on any atom is -0.339 e. The van der Waals surface area contributed by atoms with E-state index in [9.17, 15) is 31.5 Å². The Labute approximate surface area is 275 Å². The van der Waals surface area contributed by atoms with E-state index in [0.717, 1.165) is 23.7 Å². The molecule has 3 fully saturated rings. The largest absolute Gasteiger partial charge is 0.416 e. The number of likely N-dealkylation sites (tertiary alicyclic amines) is 2. The van der Waals surface area contributed by atoms with E-state index in [1.807, 2.05) is 13.8 Å². The van der Waals surface area contributed by atoms with Gasteiger partial charge in [0.1, 0.15) is 12.2 Å². The average Bonchev–Trinajstić information content (AvgIpc) is 3.85. The second kappa shape index (κ2) is 11.5. The number of hydrogen-bond donors (Lipinski definition) is 0. The average molecular weight is 669 g/mol. The van der Waals surface area contributed by atoms with E-state index in [2.05, 4.69) is 21.7 Å². The summed E-state index contributed by atoms with van der Waals surface area (Å²) in [4.78, 5) is 31.4. The number of anilines is 1. The maximum Gasteiger partial charge on any atom is 0.416 e. The van der Waals surface area contributed by atoms with Gasteiger partial charge in [-0.2, -0.15) is 22.0 Å². The number of nitrogens with zero attached hydrogens (tertiary/aromatic N) is 6. The molecule has 8 nitrogen and oxygen atoms in total. The van der Waals surface area contributed by atoms with E-state index in [1.54, 1.807) is 35.2 Å². The van der Waals surface area contributed by atoms with Crippen molar-refractivity contribution in [2.45, 2.75) is 70.3 Å². The Balaban J connectivity index is 1.18. The van der Waals surface area contributed by atoms with Gasteiger partial charge >= 0.3 is 12.7 Å². The third kappa shape index (κ3) is 5.21. The van der Waals surface area contributed by atoms with Crippen LogP contribution in [0.3, 0.4) is 0 Å². The summed E-state index contributed by atoms with van der Waals surface area (Å²) in [5, 5.41) is 7.79. The van der Waals surface area contributed by atoms with Crippen molar-refractivity contribution in [3.05, 3.63) is 89.0 Å². The molecule has 0 bridgehead atoms. The summed E-state index contributed by atoms with van der Waals surface area (Å²) < 4.78 is 72.3. The fraction of sp³-hybridized carbons (Fsp3) is 0.486. The normalized spacial score (nSPS) is 26.4. The van der Waals surface area contributed by atoms with E-state index in [-0.39, 0.29) is 40.7 Å². The minimum atomic E-state index is -4.69. The van der Waals surface area contributed by atoms with Crippen LogP contribution in [0.5, 0.6) is 0 Å². The van der Waals surface area contributed by atoms with E-state index in [0.29, 0.717) is 55.8 Å². The highest BCUT2D eigenvalue weighted by atomic mass is 19.4. The van der Waals surface area contributed by atoms with E-state index >= 15 is 0 Å². The standard InChI is InChI=1S/C35H37F5N6O2/c1-4-29(47)44-11-9-33(19-44)8-10-43(18-33)22(3)23-12-26-27(28(13-23)35(38,39)40)17-45(30(26)48)25-7-5-6-24(14-25)34(15-21(2)16-34)31-42-41-20-46(31)32(36)37/h4-7,12-14,20-22,32H,1,8-11,15-19H2,2-3H3/t21?,22-,33-,34?/m0/s1. The lowest BCUT2D eigenvalue weighted by Gasteiger charge is -2.46. The molecule has 4 aliphatic rings. The minimum absolute atomic E-state index is 0.0130. The van der Waals surface area contributed by atoms with Gasteiger partial charge in [-0.25, -0.2) is 0 Å². The van der Waals surface area contributed by atoms with Crippen LogP contribution in [0.1, 0.15) is 90.6 Å². The molecule has 3 aliphatic heterocycles. The lowest BCUT2D eigenvalue weighted by molar-refractivity contribution is -0.138. The Kier molecular flexibility index (Phi) is 7.76. The molecule has 254 valence electrons. The van der Waals surface area contributed by atoms with Crippen LogP contribution in [0.15, 0.2) is 55.4 Å². The van der Waals surface area contributed by atoms with Crippen molar-refractivity contribution in [3.63, 3.8) is 0 Å². The van der Waals surface area contributed by atoms with E-state index in [1.165, 1.54) is 17.0 Å². The SMILES string of the molecule is C=CC(=O)N1CC[C@]2(CCN([C@@H](C)c3cc4c(c(C(F)(F)F)c3)CN(c3cccc(C5(c6nncn6C(F)F)CC(C)C5)c3)C4=O)C2)C1. The number of amides is 2. The van der Waals surface area contributed by atoms with Crippen LogP contribution in [0.4, 0.5) is 27.6 Å². The number of fused-ring (bicyclic) bond motifs is 1. The van der Waals surface area contributed by atoms with Gasteiger partial charge in [0.25, 0.3) is 5.91 Å². The van der Waals surface area contributed by atoms with Crippen LogP contribution in [-0.4, -0.2) is 62.6 Å². The van der Waals surface area contributed by atoms with E-state index in [4.69, 9.17) is 0 Å². The number of carbonyl (C=O) groups excluding carboxylic acids is 2. The van der Waals surface area contributed by atoms with Gasteiger partial charge < -0.3 is 9.80 Å². The Hall–Kier alpha value is -4.13. The van der Waals surface area contributed by atoms with Crippen LogP contribution in [0, 0.1) is 11.3 Å². The number of halogens is 5. The summed E-state index contributed by atoms with van der Waals surface area (Å²) in [7, 11) is 0. The van der Waals surface area contributed by atoms with Crippen molar-refractivity contribution in [3.8, 4) is 0 Å². The molecule has 3 aromatic rings. The zero-order chi connectivity index (χ0) is 34.2. The predicted molar refractivity (Wildman–Crippen MR) is 167 cm³/mol. The molecule has 0 unspecified atom stereocenters. The van der Waals surface area contributed by atoms with Gasteiger partial charge in [-0.3, -0.25) is 19.1 Å². The van der Waals surface area contributed by atoms with Crippen molar-refractivity contribution >= 4 is 17.5 Å². The Bertz CT molecular complexity index is 1780. The first-order valence-corrected chi connectivity index (χ1v) is 16.3. The summed E-state index contributed by atoms with van der Waals surface area (Å²) in [5.41, 5.74) is -0.421. The zero-order valence-corrected chi connectivity index (χ0v) is 26.8. The van der Waals surface area contributed by atoms with Crippen LogP contribution in [-0.2, 0) is 22.9 Å². The van der Waals surface area contributed by atoms with Crippen LogP contribution >= 0.6 is 0 Å². The number of alkyl halides is 5. The number of rotatable bonds is 7. The summed E-state index contributed by atoms with van der Waals surface area (Å²) in [6, 6.07) is 9.22. The maximum absolute atomic E-state index is 14.6. The molecule has 2 amide bonds. The van der Waals surface area contributed by atoms with Crippen molar-refractivity contribution < 1.29 is 31.5 Å². The molecule has 48 heavy (non-hydrogen) atoms. The molecular formula is C35H37F5N6O2. The van der Waals surface area contributed by atoms with Gasteiger partial charge in [0.15, 0.2) is 0 Å². The molecule has 0 N–H and O–H groups in total. The van der Waals surface area contributed by atoms with Crippen molar-refractivity contribution in [1.29, 1.82) is 0 Å². The molecule has 7 rings (SSSR count). The fourth-order valence-corrected chi connectivity index (χ4v) is 8.61. The second-order valence-corrected chi connectivity index (χ2v) is 14.1. The molecule has 0 radical (unpaired) electrons.